The minimum absolute atomic E-state index is 0.0363. The maximum atomic E-state index is 12.7. The number of rotatable bonds is 2. The monoisotopic (exact) mass is 362 g/mol. The number of benzene rings is 1. The molecule has 2 aliphatic rings. The van der Waals surface area contributed by atoms with Gasteiger partial charge in [-0.05, 0) is 37.1 Å². The third kappa shape index (κ3) is 2.70. The third-order valence-electron chi connectivity index (χ3n) is 4.97. The lowest BCUT2D eigenvalue weighted by molar-refractivity contribution is -0.936. The molecule has 0 bridgehead atoms. The third-order valence-corrected chi connectivity index (χ3v) is 6.39. The number of hydrogen-bond donors (Lipinski definition) is 3. The highest BCUT2D eigenvalue weighted by atomic mass is 35.5. The van der Waals surface area contributed by atoms with Crippen LogP contribution in [-0.4, -0.2) is 18.5 Å². The Balaban J connectivity index is 1.65. The van der Waals surface area contributed by atoms with Crippen LogP contribution in [0, 0.1) is 0 Å². The second-order valence-corrected chi connectivity index (χ2v) is 8.34. The Bertz CT molecular complexity index is 784. The van der Waals surface area contributed by atoms with E-state index in [9.17, 15) is 4.79 Å². The van der Waals surface area contributed by atoms with Gasteiger partial charge in [0.2, 0.25) is 0 Å². The molecule has 0 spiro atoms. The Hall–Kier alpha value is -1.56. The zero-order valence-electron chi connectivity index (χ0n) is 13.8. The van der Waals surface area contributed by atoms with Crippen LogP contribution in [-0.2, 0) is 13.0 Å². The van der Waals surface area contributed by atoms with E-state index in [0.29, 0.717) is 11.1 Å². The van der Waals surface area contributed by atoms with Crippen LogP contribution in [0.15, 0.2) is 24.3 Å². The minimum Gasteiger partial charge on any atom is -0.353 e. The molecule has 24 heavy (non-hydrogen) atoms. The van der Waals surface area contributed by atoms with E-state index in [0.717, 1.165) is 35.6 Å². The summed E-state index contributed by atoms with van der Waals surface area (Å²) in [5.74, 6) is 0.0363. The smallest absolute Gasteiger partial charge is 0.256 e. The first-order chi connectivity index (χ1) is 11.5. The van der Waals surface area contributed by atoms with Crippen molar-refractivity contribution in [3.63, 3.8) is 0 Å². The number of quaternary nitrogens is 1. The van der Waals surface area contributed by atoms with Crippen molar-refractivity contribution >= 4 is 33.8 Å². The fourth-order valence-corrected chi connectivity index (χ4v) is 4.98. The predicted octanol–water partition coefficient (Wildman–Crippen LogP) is 2.61. The summed E-state index contributed by atoms with van der Waals surface area (Å²) < 4.78 is 0. The summed E-state index contributed by atoms with van der Waals surface area (Å²) in [5, 5.41) is 8.29. The van der Waals surface area contributed by atoms with Crippen LogP contribution in [0.3, 0.4) is 0 Å². The first-order valence-corrected chi connectivity index (χ1v) is 9.54. The lowest BCUT2D eigenvalue weighted by atomic mass is 9.99. The predicted molar refractivity (Wildman–Crippen MR) is 98.0 cm³/mol. The van der Waals surface area contributed by atoms with Gasteiger partial charge in [0, 0.05) is 11.4 Å². The zero-order valence-corrected chi connectivity index (χ0v) is 15.4. The Morgan fingerprint density at radius 3 is 2.71 bits per heavy atom. The molecule has 1 aromatic carbocycles. The molecule has 0 radical (unpaired) electrons. The number of fused-ring (bicyclic) bond motifs is 3. The topological polar surface area (TPSA) is 45.6 Å². The van der Waals surface area contributed by atoms with Gasteiger partial charge >= 0.3 is 0 Å². The SMILES string of the molecule is CC(C)[NH+]1CCc2c(sc3c2C(=O)N[C@@H](c2ccc(Cl)cc2)N3)C1. The van der Waals surface area contributed by atoms with E-state index in [-0.39, 0.29) is 12.1 Å². The number of nitrogens with one attached hydrogen (secondary N) is 3. The first kappa shape index (κ1) is 15.9. The fraction of sp³-hybridized carbons (Fsp3) is 0.389. The number of hydrogen-bond acceptors (Lipinski definition) is 3. The van der Waals surface area contributed by atoms with E-state index >= 15 is 0 Å². The molecule has 2 aliphatic heterocycles. The van der Waals surface area contributed by atoms with Gasteiger partial charge in [0.1, 0.15) is 17.7 Å². The summed E-state index contributed by atoms with van der Waals surface area (Å²) in [6.45, 7) is 6.64. The first-order valence-electron chi connectivity index (χ1n) is 8.35. The van der Waals surface area contributed by atoms with Gasteiger partial charge in [0.25, 0.3) is 5.91 Å². The number of anilines is 1. The summed E-state index contributed by atoms with van der Waals surface area (Å²) in [5.41, 5.74) is 3.13. The second kappa shape index (κ2) is 6.06. The molecule has 1 aromatic heterocycles. The van der Waals surface area contributed by atoms with Gasteiger partial charge in [-0.2, -0.15) is 0 Å². The maximum absolute atomic E-state index is 12.7. The molecular formula is C18H21ClN3OS+. The highest BCUT2D eigenvalue weighted by Crippen LogP contribution is 2.39. The van der Waals surface area contributed by atoms with Crippen LogP contribution in [0.25, 0.3) is 0 Å². The molecule has 3 N–H and O–H groups in total. The van der Waals surface area contributed by atoms with Crippen molar-refractivity contribution in [3.05, 3.63) is 50.9 Å². The van der Waals surface area contributed by atoms with Crippen LogP contribution in [0.2, 0.25) is 5.02 Å². The van der Waals surface area contributed by atoms with E-state index in [2.05, 4.69) is 24.5 Å². The van der Waals surface area contributed by atoms with Crippen molar-refractivity contribution in [3.8, 4) is 0 Å². The van der Waals surface area contributed by atoms with Gasteiger partial charge in [0.15, 0.2) is 0 Å². The Morgan fingerprint density at radius 2 is 2.00 bits per heavy atom. The molecule has 0 fully saturated rings. The van der Waals surface area contributed by atoms with Gasteiger partial charge in [-0.3, -0.25) is 4.79 Å². The Morgan fingerprint density at radius 1 is 1.25 bits per heavy atom. The lowest BCUT2D eigenvalue weighted by Gasteiger charge is -2.28. The van der Waals surface area contributed by atoms with Gasteiger partial charge < -0.3 is 15.5 Å². The Labute approximate surface area is 150 Å². The number of amides is 1. The molecule has 4 nitrogen and oxygen atoms in total. The van der Waals surface area contributed by atoms with Gasteiger partial charge in [-0.1, -0.05) is 23.7 Å². The average Bonchev–Trinajstić information content (AvgIpc) is 2.93. The van der Waals surface area contributed by atoms with Gasteiger partial charge in [-0.25, -0.2) is 0 Å². The highest BCUT2D eigenvalue weighted by Gasteiger charge is 2.34. The number of carbonyl (C=O) groups is 1. The zero-order chi connectivity index (χ0) is 16.8. The van der Waals surface area contributed by atoms with Gasteiger partial charge in [-0.15, -0.1) is 11.3 Å². The fourth-order valence-electron chi connectivity index (χ4n) is 3.53. The molecule has 0 saturated heterocycles. The van der Waals surface area contributed by atoms with Crippen molar-refractivity contribution in [1.29, 1.82) is 0 Å². The molecule has 1 unspecified atom stereocenters. The van der Waals surface area contributed by atoms with E-state index in [4.69, 9.17) is 11.6 Å². The molecule has 126 valence electrons. The summed E-state index contributed by atoms with van der Waals surface area (Å²) in [6, 6.07) is 8.21. The van der Waals surface area contributed by atoms with Crippen molar-refractivity contribution in [2.24, 2.45) is 0 Å². The molecule has 4 rings (SSSR count). The molecule has 6 heteroatoms. The van der Waals surface area contributed by atoms with Crippen LogP contribution in [0.5, 0.6) is 0 Å². The largest absolute Gasteiger partial charge is 0.353 e. The van der Waals surface area contributed by atoms with E-state index in [1.165, 1.54) is 10.4 Å². The lowest BCUT2D eigenvalue weighted by Crippen LogP contribution is -3.14. The summed E-state index contributed by atoms with van der Waals surface area (Å²) in [6.07, 6.45) is 0.783. The van der Waals surface area contributed by atoms with E-state index < -0.39 is 0 Å². The van der Waals surface area contributed by atoms with Crippen LogP contribution in [0.4, 0.5) is 5.00 Å². The normalized spacial score (nSPS) is 22.6. The molecule has 2 aromatic rings. The molecule has 2 atom stereocenters. The standard InChI is InChI=1S/C18H20ClN3OS/c1-10(2)22-8-7-13-14(9-22)24-18-15(13)17(23)20-16(21-18)11-3-5-12(19)6-4-11/h3-6,10,16,21H,7-9H2,1-2H3,(H,20,23)/p+1/t16-/m1/s1. The van der Waals surface area contributed by atoms with E-state index in [1.54, 1.807) is 16.2 Å². The number of carbonyl (C=O) groups excluding carboxylic acids is 1. The number of halogens is 1. The molecule has 0 aliphatic carbocycles. The quantitative estimate of drug-likeness (QED) is 0.769. The van der Waals surface area contributed by atoms with Crippen LogP contribution < -0.4 is 15.5 Å². The van der Waals surface area contributed by atoms with Crippen molar-refractivity contribution in [2.75, 3.05) is 11.9 Å². The minimum atomic E-state index is -0.198. The summed E-state index contributed by atoms with van der Waals surface area (Å²) in [4.78, 5) is 15.7. The highest BCUT2D eigenvalue weighted by molar-refractivity contribution is 7.16. The van der Waals surface area contributed by atoms with Crippen molar-refractivity contribution in [1.82, 2.24) is 5.32 Å². The van der Waals surface area contributed by atoms with Crippen LogP contribution >= 0.6 is 22.9 Å². The average molecular weight is 363 g/mol. The molecule has 3 heterocycles. The van der Waals surface area contributed by atoms with Gasteiger partial charge in [0.05, 0.1) is 23.0 Å². The second-order valence-electron chi connectivity index (χ2n) is 6.80. The summed E-state index contributed by atoms with van der Waals surface area (Å²) >= 11 is 7.71. The molecule has 1 amide bonds. The van der Waals surface area contributed by atoms with E-state index in [1.807, 2.05) is 24.3 Å². The van der Waals surface area contributed by atoms with Crippen LogP contribution in [0.1, 0.15) is 46.4 Å². The number of thiophene rings is 1. The Kier molecular flexibility index (Phi) is 4.03. The molecule has 0 saturated carbocycles. The summed E-state index contributed by atoms with van der Waals surface area (Å²) in [7, 11) is 0. The molecular weight excluding hydrogens is 342 g/mol. The van der Waals surface area contributed by atoms with Crippen molar-refractivity contribution < 1.29 is 9.69 Å². The maximum Gasteiger partial charge on any atom is 0.256 e. The van der Waals surface area contributed by atoms with Crippen molar-refractivity contribution in [2.45, 2.75) is 39.0 Å².